The van der Waals surface area contributed by atoms with E-state index in [2.05, 4.69) is 5.16 Å². The van der Waals surface area contributed by atoms with Crippen LogP contribution in [-0.4, -0.2) is 39.5 Å². The predicted molar refractivity (Wildman–Crippen MR) is 77.0 cm³/mol. The molecule has 0 aliphatic heterocycles. The minimum absolute atomic E-state index is 0.0119. The van der Waals surface area contributed by atoms with Gasteiger partial charge in [-0.2, -0.15) is 0 Å². The van der Waals surface area contributed by atoms with Crippen LogP contribution in [0.3, 0.4) is 0 Å². The summed E-state index contributed by atoms with van der Waals surface area (Å²) >= 11 is 0. The highest BCUT2D eigenvalue weighted by atomic mass is 16.4. The van der Waals surface area contributed by atoms with Gasteiger partial charge in [0.25, 0.3) is 5.91 Å². The number of carbonyl (C=O) groups excluding carboxylic acids is 1. The number of nitrogens with two attached hydrogens (primary N) is 1. The maximum absolute atomic E-state index is 12.5. The normalized spacial score (nSPS) is 11.7. The van der Waals surface area contributed by atoms with E-state index in [1.807, 2.05) is 13.8 Å². The van der Waals surface area contributed by atoms with E-state index in [1.165, 1.54) is 6.07 Å². The van der Waals surface area contributed by atoms with Gasteiger partial charge in [-0.15, -0.1) is 0 Å². The lowest BCUT2D eigenvalue weighted by Crippen LogP contribution is -2.39. The van der Waals surface area contributed by atoms with Crippen LogP contribution in [0.2, 0.25) is 0 Å². The fraction of sp³-hybridized carbons (Fsp3) is 0.429. The van der Waals surface area contributed by atoms with E-state index in [-0.39, 0.29) is 23.5 Å². The summed E-state index contributed by atoms with van der Waals surface area (Å²) in [5.74, 6) is 0.0842. The average Bonchev–Trinajstić information content (AvgIpc) is 2.37. The highest BCUT2D eigenvalue weighted by Crippen LogP contribution is 2.18. The Balaban J connectivity index is 2.94. The third-order valence-electron chi connectivity index (χ3n) is 3.06. The number of amidine groups is 1. The number of aromatic hydroxyl groups is 1. The Hall–Kier alpha value is -2.24. The van der Waals surface area contributed by atoms with Crippen molar-refractivity contribution in [3.05, 3.63) is 29.3 Å². The van der Waals surface area contributed by atoms with Gasteiger partial charge in [-0.3, -0.25) is 4.79 Å². The fourth-order valence-corrected chi connectivity index (χ4v) is 1.92. The molecular formula is C14H21N3O3. The van der Waals surface area contributed by atoms with Gasteiger partial charge in [-0.05, 0) is 44.5 Å². The van der Waals surface area contributed by atoms with Crippen molar-refractivity contribution in [2.24, 2.45) is 10.9 Å². The van der Waals surface area contributed by atoms with Crippen molar-refractivity contribution in [2.45, 2.75) is 33.2 Å². The molecule has 0 fully saturated rings. The lowest BCUT2D eigenvalue weighted by Gasteiger charge is -2.27. The van der Waals surface area contributed by atoms with Crippen LogP contribution >= 0.6 is 0 Å². The van der Waals surface area contributed by atoms with Crippen molar-refractivity contribution >= 4 is 11.7 Å². The summed E-state index contributed by atoms with van der Waals surface area (Å²) < 4.78 is 0. The van der Waals surface area contributed by atoms with Gasteiger partial charge in [-0.1, -0.05) is 5.16 Å². The van der Waals surface area contributed by atoms with Crippen molar-refractivity contribution in [1.29, 1.82) is 0 Å². The third-order valence-corrected chi connectivity index (χ3v) is 3.06. The lowest BCUT2D eigenvalue weighted by atomic mass is 10.1. The smallest absolute Gasteiger partial charge is 0.254 e. The second-order valence-corrected chi connectivity index (χ2v) is 4.93. The Labute approximate surface area is 118 Å². The number of oxime groups is 1. The minimum Gasteiger partial charge on any atom is -0.508 e. The minimum atomic E-state index is -0.136. The Morgan fingerprint density at radius 3 is 2.60 bits per heavy atom. The summed E-state index contributed by atoms with van der Waals surface area (Å²) in [7, 11) is 0. The van der Waals surface area contributed by atoms with E-state index >= 15 is 0 Å². The van der Waals surface area contributed by atoms with Crippen molar-refractivity contribution in [2.75, 3.05) is 6.54 Å². The zero-order chi connectivity index (χ0) is 15.3. The van der Waals surface area contributed by atoms with Crippen LogP contribution in [0.15, 0.2) is 23.4 Å². The van der Waals surface area contributed by atoms with E-state index in [0.717, 1.165) is 0 Å². The molecule has 6 nitrogen and oxygen atoms in total. The molecule has 0 aliphatic rings. The Morgan fingerprint density at radius 1 is 1.45 bits per heavy atom. The van der Waals surface area contributed by atoms with E-state index in [9.17, 15) is 9.90 Å². The standard InChI is InChI=1S/C14H21N3O3/c1-9(2)17(7-6-13(15)16-20)14(19)12-5-4-11(18)8-10(12)3/h4-5,8-9,18,20H,6-7H2,1-3H3,(H2,15,16). The monoisotopic (exact) mass is 279 g/mol. The first-order valence-corrected chi connectivity index (χ1v) is 6.43. The quantitative estimate of drug-likeness (QED) is 0.330. The second-order valence-electron chi connectivity index (χ2n) is 4.93. The molecule has 6 heteroatoms. The van der Waals surface area contributed by atoms with Crippen molar-refractivity contribution in [3.8, 4) is 5.75 Å². The molecule has 0 saturated heterocycles. The van der Waals surface area contributed by atoms with Crippen molar-refractivity contribution in [3.63, 3.8) is 0 Å². The molecule has 1 rings (SSSR count). The van der Waals surface area contributed by atoms with Crippen LogP contribution < -0.4 is 5.73 Å². The zero-order valence-electron chi connectivity index (χ0n) is 12.0. The van der Waals surface area contributed by atoms with Crippen LogP contribution in [0, 0.1) is 6.92 Å². The maximum atomic E-state index is 12.5. The average molecular weight is 279 g/mol. The van der Waals surface area contributed by atoms with E-state index in [1.54, 1.807) is 24.0 Å². The zero-order valence-corrected chi connectivity index (χ0v) is 12.0. The van der Waals surface area contributed by atoms with E-state index in [4.69, 9.17) is 10.9 Å². The molecule has 0 spiro atoms. The lowest BCUT2D eigenvalue weighted by molar-refractivity contribution is 0.0710. The van der Waals surface area contributed by atoms with Crippen molar-refractivity contribution in [1.82, 2.24) is 4.90 Å². The van der Waals surface area contributed by atoms with Crippen LogP contribution in [0.1, 0.15) is 36.2 Å². The van der Waals surface area contributed by atoms with Crippen LogP contribution in [-0.2, 0) is 0 Å². The van der Waals surface area contributed by atoms with Crippen LogP contribution in [0.5, 0.6) is 5.75 Å². The second kappa shape index (κ2) is 6.79. The molecule has 1 amide bonds. The number of amides is 1. The molecule has 110 valence electrons. The number of carbonyl (C=O) groups is 1. The molecule has 0 aromatic heterocycles. The summed E-state index contributed by atoms with van der Waals surface area (Å²) in [4.78, 5) is 14.2. The molecule has 20 heavy (non-hydrogen) atoms. The summed E-state index contributed by atoms with van der Waals surface area (Å²) in [6, 6.07) is 4.63. The molecule has 4 N–H and O–H groups in total. The van der Waals surface area contributed by atoms with Gasteiger partial charge in [0.1, 0.15) is 11.6 Å². The van der Waals surface area contributed by atoms with Gasteiger partial charge >= 0.3 is 0 Å². The van der Waals surface area contributed by atoms with Gasteiger partial charge in [0, 0.05) is 24.6 Å². The number of nitrogens with zero attached hydrogens (tertiary/aromatic N) is 2. The number of phenols is 1. The first-order chi connectivity index (χ1) is 9.36. The van der Waals surface area contributed by atoms with Gasteiger partial charge in [0.15, 0.2) is 0 Å². The topological polar surface area (TPSA) is 99.2 Å². The molecule has 0 radical (unpaired) electrons. The number of phenolic OH excluding ortho intramolecular Hbond substituents is 1. The first kappa shape index (κ1) is 15.8. The molecule has 0 unspecified atom stereocenters. The number of benzene rings is 1. The number of hydrogen-bond acceptors (Lipinski definition) is 4. The van der Waals surface area contributed by atoms with Gasteiger partial charge in [-0.25, -0.2) is 0 Å². The predicted octanol–water partition coefficient (Wildman–Crippen LogP) is 1.69. The highest BCUT2D eigenvalue weighted by molar-refractivity contribution is 5.96. The molecule has 0 saturated carbocycles. The summed E-state index contributed by atoms with van der Waals surface area (Å²) in [6.07, 6.45) is 0.303. The molecule has 1 aromatic carbocycles. The highest BCUT2D eigenvalue weighted by Gasteiger charge is 2.20. The molecule has 0 atom stereocenters. The summed E-state index contributed by atoms with van der Waals surface area (Å²) in [5.41, 5.74) is 6.69. The van der Waals surface area contributed by atoms with Crippen molar-refractivity contribution < 1.29 is 15.1 Å². The number of rotatable bonds is 5. The van der Waals surface area contributed by atoms with Crippen LogP contribution in [0.4, 0.5) is 0 Å². The Morgan fingerprint density at radius 2 is 2.10 bits per heavy atom. The molecule has 0 aliphatic carbocycles. The molecule has 0 heterocycles. The third kappa shape index (κ3) is 3.88. The number of hydrogen-bond donors (Lipinski definition) is 3. The largest absolute Gasteiger partial charge is 0.508 e. The Kier molecular flexibility index (Phi) is 5.37. The maximum Gasteiger partial charge on any atom is 0.254 e. The van der Waals surface area contributed by atoms with Crippen LogP contribution in [0.25, 0.3) is 0 Å². The SMILES string of the molecule is Cc1cc(O)ccc1C(=O)N(CC/C(N)=N/O)C(C)C. The molecular weight excluding hydrogens is 258 g/mol. The van der Waals surface area contributed by atoms with Gasteiger partial charge in [0.2, 0.25) is 0 Å². The summed E-state index contributed by atoms with van der Waals surface area (Å²) in [5, 5.41) is 20.8. The fourth-order valence-electron chi connectivity index (χ4n) is 1.92. The summed E-state index contributed by atoms with van der Waals surface area (Å²) in [6.45, 7) is 5.95. The Bertz CT molecular complexity index is 512. The molecule has 1 aromatic rings. The first-order valence-electron chi connectivity index (χ1n) is 6.43. The van der Waals surface area contributed by atoms with Gasteiger partial charge < -0.3 is 20.9 Å². The van der Waals surface area contributed by atoms with E-state index < -0.39 is 0 Å². The number of aryl methyl sites for hydroxylation is 1. The van der Waals surface area contributed by atoms with E-state index in [0.29, 0.717) is 24.1 Å². The molecule has 0 bridgehead atoms. The van der Waals surface area contributed by atoms with Gasteiger partial charge in [0.05, 0.1) is 0 Å².